The Morgan fingerprint density at radius 2 is 1.45 bits per heavy atom. The monoisotopic (exact) mass is 434 g/mol. The number of benzene rings is 2. The summed E-state index contributed by atoms with van der Waals surface area (Å²) in [4.78, 5) is 34.4. The maximum atomic E-state index is 12.7. The van der Waals surface area contributed by atoms with Crippen LogP contribution in [0.15, 0.2) is 60.7 Å². The van der Waals surface area contributed by atoms with Crippen LogP contribution in [0, 0.1) is 13.8 Å². The summed E-state index contributed by atoms with van der Waals surface area (Å²) in [6.07, 6.45) is 0. The first-order chi connectivity index (χ1) is 15.0. The number of amides is 2. The first-order valence-corrected chi connectivity index (χ1v) is 11.2. The molecular weight excluding hydrogens is 408 g/mol. The third-order valence-corrected chi connectivity index (χ3v) is 6.63. The molecular formula is C24H26N4O2S. The Morgan fingerprint density at radius 3 is 1.94 bits per heavy atom. The van der Waals surface area contributed by atoms with Crippen molar-refractivity contribution < 1.29 is 9.59 Å². The highest BCUT2D eigenvalue weighted by molar-refractivity contribution is 7.15. The molecule has 7 heteroatoms. The van der Waals surface area contributed by atoms with Gasteiger partial charge in [0.25, 0.3) is 0 Å². The van der Waals surface area contributed by atoms with Gasteiger partial charge in [0.1, 0.15) is 0 Å². The van der Waals surface area contributed by atoms with Crippen LogP contribution in [0.1, 0.15) is 27.7 Å². The van der Waals surface area contributed by atoms with E-state index in [4.69, 9.17) is 0 Å². The van der Waals surface area contributed by atoms with Crippen LogP contribution in [0.25, 0.3) is 0 Å². The van der Waals surface area contributed by atoms with Gasteiger partial charge in [-0.2, -0.15) is 0 Å². The smallest absolute Gasteiger partial charge is 0.315 e. The van der Waals surface area contributed by atoms with Crippen molar-refractivity contribution in [3.05, 3.63) is 82.4 Å². The van der Waals surface area contributed by atoms with Crippen LogP contribution < -0.4 is 5.32 Å². The van der Waals surface area contributed by atoms with Crippen LogP contribution in [-0.4, -0.2) is 52.8 Å². The number of rotatable bonds is 4. The van der Waals surface area contributed by atoms with Gasteiger partial charge in [-0.25, -0.2) is 4.98 Å². The standard InChI is InChI=1S/C24H26N4O2S/c1-17-18(2)31-24(25-17)26-22(29)23(30)28-15-13-27(14-16-28)21(19-9-5-3-6-10-19)20-11-7-4-8-12-20/h3-12,21H,13-16H2,1-2H3,(H,25,26,29). The van der Waals surface area contributed by atoms with Gasteiger partial charge in [0.05, 0.1) is 11.7 Å². The minimum atomic E-state index is -0.620. The van der Waals surface area contributed by atoms with E-state index in [0.29, 0.717) is 31.3 Å². The second-order valence-electron chi connectivity index (χ2n) is 7.67. The quantitative estimate of drug-likeness (QED) is 0.637. The topological polar surface area (TPSA) is 65.5 Å². The Balaban J connectivity index is 1.42. The lowest BCUT2D eigenvalue weighted by atomic mass is 9.96. The normalized spacial score (nSPS) is 14.6. The Morgan fingerprint density at radius 1 is 0.903 bits per heavy atom. The summed E-state index contributed by atoms with van der Waals surface area (Å²) in [7, 11) is 0. The molecule has 1 N–H and O–H groups in total. The summed E-state index contributed by atoms with van der Waals surface area (Å²) >= 11 is 1.38. The fourth-order valence-electron chi connectivity index (χ4n) is 3.89. The SMILES string of the molecule is Cc1nc(NC(=O)C(=O)N2CCN(C(c3ccccc3)c3ccccc3)CC2)sc1C. The molecule has 0 aliphatic carbocycles. The second kappa shape index (κ2) is 9.41. The first-order valence-electron chi connectivity index (χ1n) is 10.4. The summed E-state index contributed by atoms with van der Waals surface area (Å²) in [5.41, 5.74) is 3.32. The van der Waals surface area contributed by atoms with Crippen LogP contribution in [0.4, 0.5) is 5.13 Å². The lowest BCUT2D eigenvalue weighted by molar-refractivity contribution is -0.144. The number of anilines is 1. The van der Waals surface area contributed by atoms with Crippen LogP contribution in [0.3, 0.4) is 0 Å². The Bertz CT molecular complexity index is 985. The summed E-state index contributed by atoms with van der Waals surface area (Å²) in [6, 6.07) is 20.9. The highest BCUT2D eigenvalue weighted by Crippen LogP contribution is 2.29. The zero-order valence-corrected chi connectivity index (χ0v) is 18.6. The van der Waals surface area contributed by atoms with Crippen molar-refractivity contribution >= 4 is 28.3 Å². The van der Waals surface area contributed by atoms with Gasteiger partial charge in [-0.15, -0.1) is 11.3 Å². The van der Waals surface area contributed by atoms with E-state index in [1.165, 1.54) is 22.5 Å². The summed E-state index contributed by atoms with van der Waals surface area (Å²) in [5.74, 6) is -1.12. The molecule has 2 amide bonds. The zero-order chi connectivity index (χ0) is 21.8. The van der Waals surface area contributed by atoms with E-state index in [1.807, 2.05) is 26.0 Å². The molecule has 0 unspecified atom stereocenters. The zero-order valence-electron chi connectivity index (χ0n) is 17.7. The maximum absolute atomic E-state index is 12.7. The lowest BCUT2D eigenvalue weighted by Gasteiger charge is -2.39. The van der Waals surface area contributed by atoms with Gasteiger partial charge >= 0.3 is 11.8 Å². The van der Waals surface area contributed by atoms with E-state index >= 15 is 0 Å². The third kappa shape index (κ3) is 4.84. The average molecular weight is 435 g/mol. The average Bonchev–Trinajstić information content (AvgIpc) is 3.12. The van der Waals surface area contributed by atoms with Crippen LogP contribution in [0.5, 0.6) is 0 Å². The predicted octanol–water partition coefficient (Wildman–Crippen LogP) is 3.63. The largest absolute Gasteiger partial charge is 0.332 e. The van der Waals surface area contributed by atoms with Crippen LogP contribution >= 0.6 is 11.3 Å². The van der Waals surface area contributed by atoms with Gasteiger partial charge in [-0.05, 0) is 25.0 Å². The second-order valence-corrected chi connectivity index (χ2v) is 8.87. The molecule has 1 aromatic heterocycles. The number of aromatic nitrogens is 1. The number of nitrogens with one attached hydrogen (secondary N) is 1. The number of piperazine rings is 1. The van der Waals surface area contributed by atoms with Gasteiger partial charge in [0.15, 0.2) is 5.13 Å². The minimum Gasteiger partial charge on any atom is -0.332 e. The predicted molar refractivity (Wildman–Crippen MR) is 123 cm³/mol. The van der Waals surface area contributed by atoms with Crippen molar-refractivity contribution in [2.24, 2.45) is 0 Å². The maximum Gasteiger partial charge on any atom is 0.315 e. The lowest BCUT2D eigenvalue weighted by Crippen LogP contribution is -2.52. The molecule has 2 aromatic carbocycles. The number of carbonyl (C=O) groups is 2. The number of carbonyl (C=O) groups excluding carboxylic acids is 2. The molecule has 4 rings (SSSR count). The molecule has 0 saturated carbocycles. The molecule has 1 fully saturated rings. The van der Waals surface area contributed by atoms with Gasteiger partial charge in [-0.3, -0.25) is 19.8 Å². The summed E-state index contributed by atoms with van der Waals surface area (Å²) in [6.45, 7) is 6.25. The Hall–Kier alpha value is -3.03. The molecule has 0 spiro atoms. The van der Waals surface area contributed by atoms with E-state index in [2.05, 4.69) is 63.7 Å². The summed E-state index contributed by atoms with van der Waals surface area (Å²) < 4.78 is 0. The number of aryl methyl sites for hydroxylation is 2. The van der Waals surface area contributed by atoms with Crippen molar-refractivity contribution in [2.45, 2.75) is 19.9 Å². The molecule has 2 heterocycles. The fraction of sp³-hybridized carbons (Fsp3) is 0.292. The first kappa shape index (κ1) is 21.2. The van der Waals surface area contributed by atoms with Crippen LogP contribution in [0.2, 0.25) is 0 Å². The molecule has 1 aliphatic heterocycles. The molecule has 0 atom stereocenters. The van der Waals surface area contributed by atoms with Gasteiger partial charge < -0.3 is 4.90 Å². The Labute approximate surface area is 186 Å². The van der Waals surface area contributed by atoms with Gasteiger partial charge in [-0.1, -0.05) is 60.7 Å². The van der Waals surface area contributed by atoms with E-state index in [9.17, 15) is 9.59 Å². The number of hydrogen-bond donors (Lipinski definition) is 1. The molecule has 3 aromatic rings. The summed E-state index contributed by atoms with van der Waals surface area (Å²) in [5, 5.41) is 3.12. The minimum absolute atomic E-state index is 0.120. The van der Waals surface area contributed by atoms with E-state index in [1.54, 1.807) is 4.90 Å². The van der Waals surface area contributed by atoms with E-state index in [-0.39, 0.29) is 6.04 Å². The highest BCUT2D eigenvalue weighted by atomic mass is 32.1. The number of nitrogens with zero attached hydrogens (tertiary/aromatic N) is 3. The van der Waals surface area contributed by atoms with Crippen molar-refractivity contribution in [2.75, 3.05) is 31.5 Å². The van der Waals surface area contributed by atoms with Crippen LogP contribution in [-0.2, 0) is 9.59 Å². The number of hydrogen-bond acceptors (Lipinski definition) is 5. The highest BCUT2D eigenvalue weighted by Gasteiger charge is 2.30. The van der Waals surface area contributed by atoms with Gasteiger partial charge in [0, 0.05) is 31.1 Å². The van der Waals surface area contributed by atoms with Crippen molar-refractivity contribution in [3.63, 3.8) is 0 Å². The molecule has 31 heavy (non-hydrogen) atoms. The molecule has 0 radical (unpaired) electrons. The van der Waals surface area contributed by atoms with E-state index in [0.717, 1.165) is 10.6 Å². The van der Waals surface area contributed by atoms with Crippen molar-refractivity contribution in [1.82, 2.24) is 14.8 Å². The molecule has 160 valence electrons. The Kier molecular flexibility index (Phi) is 6.44. The van der Waals surface area contributed by atoms with E-state index < -0.39 is 11.8 Å². The third-order valence-electron chi connectivity index (χ3n) is 5.64. The van der Waals surface area contributed by atoms with Crippen molar-refractivity contribution in [3.8, 4) is 0 Å². The fourth-order valence-corrected chi connectivity index (χ4v) is 4.70. The van der Waals surface area contributed by atoms with Gasteiger partial charge in [0.2, 0.25) is 0 Å². The molecule has 1 saturated heterocycles. The number of thiazole rings is 1. The van der Waals surface area contributed by atoms with Crippen molar-refractivity contribution in [1.29, 1.82) is 0 Å². The molecule has 0 bridgehead atoms. The molecule has 1 aliphatic rings. The molecule has 6 nitrogen and oxygen atoms in total.